The van der Waals surface area contributed by atoms with Crippen molar-refractivity contribution in [1.29, 1.82) is 0 Å². The highest BCUT2D eigenvalue weighted by atomic mass is 79.9. The molecule has 0 aliphatic carbocycles. The molecule has 0 fully saturated rings. The Hall–Kier alpha value is -11.9. The van der Waals surface area contributed by atoms with Crippen LogP contribution >= 0.6 is 26.6 Å². The van der Waals surface area contributed by atoms with E-state index in [4.69, 9.17) is 38.0 Å². The van der Waals surface area contributed by atoms with Crippen LogP contribution in [-0.4, -0.2) is 176 Å². The molecule has 45 heteroatoms. The molecule has 771 valence electrons. The summed E-state index contributed by atoms with van der Waals surface area (Å²) in [6, 6.07) is 56.2. The maximum absolute atomic E-state index is 12.9. The number of carbonyl (C=O) groups excluding carboxylic acids is 3. The third-order valence-corrected chi connectivity index (χ3v) is 23.3. The van der Waals surface area contributed by atoms with E-state index < -0.39 is 78.0 Å². The lowest BCUT2D eigenvalue weighted by molar-refractivity contribution is -0.143. The van der Waals surface area contributed by atoms with E-state index in [9.17, 15) is 88.7 Å². The van der Waals surface area contributed by atoms with Gasteiger partial charge in [0.2, 0.25) is 0 Å². The van der Waals surface area contributed by atoms with Gasteiger partial charge in [0.25, 0.3) is 19.1 Å². The summed E-state index contributed by atoms with van der Waals surface area (Å²) in [6.07, 6.45) is -10.0. The summed E-state index contributed by atoms with van der Waals surface area (Å²) in [5, 5.41) is 35.7. The predicted octanol–water partition coefficient (Wildman–Crippen LogP) is 17.9. The minimum Gasteiger partial charge on any atom is -0.537 e. The third-order valence-electron chi connectivity index (χ3n) is 19.7. The Bertz CT molecular complexity index is 5980. The second kappa shape index (κ2) is 59.2. The molecular weight excluding hydrogens is 2000 g/mol. The molecule has 4 aromatic heterocycles. The van der Waals surface area contributed by atoms with Crippen LogP contribution in [0.15, 0.2) is 258 Å². The van der Waals surface area contributed by atoms with Crippen molar-refractivity contribution >= 4 is 77.1 Å². The number of aromatic nitrogens is 8. The third kappa shape index (κ3) is 45.5. The van der Waals surface area contributed by atoms with Gasteiger partial charge in [0.1, 0.15) is 11.5 Å². The Morgan fingerprint density at radius 3 is 1.09 bits per heavy atom. The largest absolute Gasteiger partial charge is 0.569 e. The number of nitrogens with two attached hydrogens (primary N) is 3. The summed E-state index contributed by atoms with van der Waals surface area (Å²) in [5.41, 5.74) is 24.1. The van der Waals surface area contributed by atoms with Crippen LogP contribution in [0.2, 0.25) is 0 Å². The number of ether oxygens (including phenoxy) is 2. The molecule has 12 aromatic rings. The number of hydrogen-bond acceptors (Lipinski definition) is 22. The molecule has 8 aromatic carbocycles. The van der Waals surface area contributed by atoms with Gasteiger partial charge in [0.15, 0.2) is 10.1 Å². The smallest absolute Gasteiger partial charge is 0.537 e. The number of hydrogen-bond donors (Lipinski definition) is 6. The molecular formula is C97H117BBrClF12N15O13S2. The van der Waals surface area contributed by atoms with E-state index in [0.717, 1.165) is 131 Å². The number of esters is 2. The summed E-state index contributed by atoms with van der Waals surface area (Å²) in [5.74, 6) is -1.34. The van der Waals surface area contributed by atoms with Gasteiger partial charge in [-0.05, 0) is 213 Å². The molecule has 28 nitrogen and oxygen atoms in total. The molecule has 1 radical (unpaired) electrons. The van der Waals surface area contributed by atoms with Gasteiger partial charge in [-0.2, -0.15) is 77.4 Å². The van der Waals surface area contributed by atoms with E-state index >= 15 is 0 Å². The minimum atomic E-state index is -4.39. The SMILES string of the molecule is CC(C)N(CC(=O)CCc1cccc(-c2ccc(C(F)(F)F)cc2)c1)S(=O)(=O)c1ccn(C)n1.CC(C)N(CC(=O)O)Cc1ccn(C)n1.COC(=O)CN(Cc1ccn(C)n1)C(C)C.COC(=O)CNC(C)C.Cn1ccc(S(=O)(=O)Cl)n1.NCc1cccc(-c2ccc(C(F)(F)F)cc2)c1.NCc1cccc(-c2ccc(C(F)(F)F)cc2)c1.NCc1cccc(Br)c1.O[B]Oc1ccc(C(F)(F)F)cc1. The fourth-order valence-electron chi connectivity index (χ4n) is 12.0. The fraction of sp³-hybridized carbons (Fsp3) is 0.340. The summed E-state index contributed by atoms with van der Waals surface area (Å²) < 4.78 is 218. The monoisotopic (exact) mass is 2120 g/mol. The van der Waals surface area contributed by atoms with Crippen LogP contribution in [0.25, 0.3) is 33.4 Å². The van der Waals surface area contributed by atoms with Crippen LogP contribution in [0.3, 0.4) is 0 Å². The molecule has 0 aliphatic heterocycles. The number of nitrogens with zero attached hydrogens (tertiary/aromatic N) is 11. The van der Waals surface area contributed by atoms with Crippen LogP contribution in [0.1, 0.15) is 118 Å². The molecule has 0 unspecified atom stereocenters. The topological polar surface area (TPSA) is 376 Å². The van der Waals surface area contributed by atoms with Gasteiger partial charge in [0, 0.05) is 131 Å². The second-order valence-electron chi connectivity index (χ2n) is 32.1. The number of carboxylic acid groups (broad SMARTS) is 1. The Morgan fingerprint density at radius 2 is 0.796 bits per heavy atom. The predicted molar refractivity (Wildman–Crippen MR) is 523 cm³/mol. The standard InChI is InChI=1S/C24H26F3N3O3S.2C14H12F3N.C11H19N3O2.C10H17N3O2.C7H5BF3O2.C7H8BrN.C6H13NO2.C4H5ClN2O2S/c1-17(2)30(34(32,33)23-13-14-29(3)28-23)16-22(31)12-7-18-5-4-6-20(15-18)19-8-10-21(11-9-19)24(25,26)27;2*15-14(16,17)13-6-4-11(5-7-13)12-3-1-2-10(8-12)9-18;1-9(2)14(8-11(15)16-4)7-10-5-6-13(3)12-10;1-8(2)13(7-10(14)15)6-9-4-5-12(3)11-9;9-7(10,11)5-1-3-6(4-2-5)13-8-12;8-7-3-1-2-6(4-7)5-9;1-5(2)7-4-6(8)9-3;1-7-3-2-4(6-7)10(5,8)9/h4-6,8-11,13-15,17H,7,12,16H2,1-3H3;2*1-8H,9,18H2;5-6,9H,7-8H2,1-4H3;4-5,8H,6-7H2,1-3H3,(H,14,15);1-4,12H;1-4H,5,9H2;5,7H,4H2,1-3H3;2-3H,1H3. The molecule has 9 N–H and O–H groups in total. The molecule has 0 saturated carbocycles. The van der Waals surface area contributed by atoms with Gasteiger partial charge in [-0.15, -0.1) is 0 Å². The molecule has 0 atom stereocenters. The average Bonchev–Trinajstić information content (AvgIpc) is 1.56. The van der Waals surface area contributed by atoms with Gasteiger partial charge >= 0.3 is 50.3 Å². The number of alkyl halides is 12. The van der Waals surface area contributed by atoms with Crippen molar-refractivity contribution < 1.29 is 113 Å². The Morgan fingerprint density at radius 1 is 0.451 bits per heavy atom. The van der Waals surface area contributed by atoms with Crippen molar-refractivity contribution in [2.45, 2.75) is 160 Å². The Kier molecular flexibility index (Phi) is 51.0. The number of ketones is 1. The number of benzene rings is 8. The molecule has 0 amide bonds. The number of nitrogens with one attached hydrogen (secondary N) is 1. The molecule has 142 heavy (non-hydrogen) atoms. The first kappa shape index (κ1) is 122. The highest BCUT2D eigenvalue weighted by molar-refractivity contribution is 9.10. The van der Waals surface area contributed by atoms with Crippen LogP contribution in [0, 0.1) is 0 Å². The molecule has 0 bridgehead atoms. The highest BCUT2D eigenvalue weighted by Crippen LogP contribution is 2.36. The Labute approximate surface area is 832 Å². The first-order chi connectivity index (χ1) is 66.4. The maximum Gasteiger partial charge on any atom is 0.569 e. The number of carbonyl (C=O) groups is 4. The van der Waals surface area contributed by atoms with E-state index in [2.05, 4.69) is 55.8 Å². The first-order valence-corrected chi connectivity index (χ1v) is 47.9. The lowest BCUT2D eigenvalue weighted by atomic mass is 9.99. The zero-order chi connectivity index (χ0) is 107. The lowest BCUT2D eigenvalue weighted by Gasteiger charge is -2.24. The van der Waals surface area contributed by atoms with E-state index in [1.165, 1.54) is 84.5 Å². The fourth-order valence-corrected chi connectivity index (χ4v) is 14.8. The van der Waals surface area contributed by atoms with E-state index in [1.54, 1.807) is 49.4 Å². The van der Waals surface area contributed by atoms with Crippen molar-refractivity contribution in [3.05, 3.63) is 304 Å². The van der Waals surface area contributed by atoms with E-state index in [-0.39, 0.29) is 65.1 Å². The van der Waals surface area contributed by atoms with Gasteiger partial charge in [-0.1, -0.05) is 139 Å². The van der Waals surface area contributed by atoms with Crippen LogP contribution in [-0.2, 0) is 140 Å². The average molecular weight is 2120 g/mol. The number of aryl methyl sites for hydroxylation is 5. The second-order valence-corrected chi connectivity index (χ2v) is 37.4. The summed E-state index contributed by atoms with van der Waals surface area (Å²) in [4.78, 5) is 48.9. The molecule has 4 heterocycles. The number of sulfonamides is 1. The van der Waals surface area contributed by atoms with Gasteiger partial charge in [-0.25, -0.2) is 16.8 Å². The van der Waals surface area contributed by atoms with Crippen molar-refractivity contribution in [1.82, 2.24) is 58.5 Å². The molecule has 12 rings (SSSR count). The zero-order valence-corrected chi connectivity index (χ0v) is 84.4. The molecule has 0 aliphatic rings. The first-order valence-electron chi connectivity index (χ1n) is 43.4. The van der Waals surface area contributed by atoms with Gasteiger partial charge in [-0.3, -0.25) is 47.7 Å². The normalized spacial score (nSPS) is 11.4. The van der Waals surface area contributed by atoms with Crippen molar-refractivity contribution in [3.8, 4) is 39.1 Å². The summed E-state index contributed by atoms with van der Waals surface area (Å²) >= 11 is 3.35. The van der Waals surface area contributed by atoms with Gasteiger partial charge < -0.3 is 46.8 Å². The summed E-state index contributed by atoms with van der Waals surface area (Å²) in [7, 11) is 7.56. The number of halogens is 14. The number of aliphatic carboxylic acids is 1. The quantitative estimate of drug-likeness (QED) is 0.0105. The van der Waals surface area contributed by atoms with Crippen LogP contribution in [0.4, 0.5) is 52.7 Å². The minimum absolute atomic E-state index is 0.0498. The van der Waals surface area contributed by atoms with Crippen LogP contribution < -0.4 is 27.2 Å². The maximum atomic E-state index is 12.9. The van der Waals surface area contributed by atoms with E-state index in [1.807, 2.05) is 175 Å². The number of carboxylic acids is 1. The van der Waals surface area contributed by atoms with Crippen molar-refractivity contribution in [2.75, 3.05) is 40.4 Å². The van der Waals surface area contributed by atoms with Crippen molar-refractivity contribution in [2.24, 2.45) is 45.4 Å². The number of methoxy groups -OCH3 is 2. The molecule has 0 spiro atoms. The number of Topliss-reactive ketones (excluding diaryl/α,β-unsaturated/α-hetero) is 1. The zero-order valence-electron chi connectivity index (χ0n) is 80.4. The van der Waals surface area contributed by atoms with Crippen LogP contribution in [0.5, 0.6) is 5.75 Å². The van der Waals surface area contributed by atoms with Crippen molar-refractivity contribution in [3.63, 3.8) is 0 Å². The lowest BCUT2D eigenvalue weighted by Crippen LogP contribution is -2.40. The van der Waals surface area contributed by atoms with E-state index in [0.29, 0.717) is 71.5 Å². The highest BCUT2D eigenvalue weighted by Gasteiger charge is 2.35. The Balaban J connectivity index is 0.000000345. The molecule has 0 saturated heterocycles. The van der Waals surface area contributed by atoms with Gasteiger partial charge in [0.05, 0.1) is 74.0 Å². The number of rotatable bonds is 30. The summed E-state index contributed by atoms with van der Waals surface area (Å²) in [6.45, 7) is 18.4.